The van der Waals surface area contributed by atoms with E-state index in [-0.39, 0.29) is 0 Å². The summed E-state index contributed by atoms with van der Waals surface area (Å²) >= 11 is 0. The van der Waals surface area contributed by atoms with Crippen molar-refractivity contribution in [3.05, 3.63) is 0 Å². The van der Waals surface area contributed by atoms with Gasteiger partial charge in [-0.1, -0.05) is 0 Å². The van der Waals surface area contributed by atoms with Gasteiger partial charge in [0, 0.05) is 26.2 Å². The van der Waals surface area contributed by atoms with E-state index in [1.165, 1.54) is 0 Å². The minimum absolute atomic E-state index is 0.792. The van der Waals surface area contributed by atoms with Gasteiger partial charge in [0.1, 0.15) is 0 Å². The van der Waals surface area contributed by atoms with Crippen molar-refractivity contribution >= 4 is 0 Å². The highest BCUT2D eigenvalue weighted by Crippen LogP contribution is 1.81. The normalized spacial score (nSPS) is 24.0. The Kier molecular flexibility index (Phi) is 21.1. The minimum Gasteiger partial charge on any atom is -0.379 e. The quantitative estimate of drug-likeness (QED) is 0.312. The monoisotopic (exact) mass is 402 g/mol. The van der Waals surface area contributed by atoms with Crippen LogP contribution >= 0.6 is 0 Å². The fraction of sp³-hybridized carbons (Fsp3) is 1.00. The van der Waals surface area contributed by atoms with Crippen LogP contribution in [0.4, 0.5) is 0 Å². The third-order valence-corrected chi connectivity index (χ3v) is 4.52. The van der Waals surface area contributed by atoms with Crippen LogP contribution in [-0.2, 0) is 9.47 Å². The van der Waals surface area contributed by atoms with Crippen LogP contribution in [-0.4, -0.2) is 105 Å². The molecule has 0 aromatic carbocycles. The number of hydrogen-bond donors (Lipinski definition) is 6. The molecule has 8 heteroatoms. The molecular formula is C20H46N6O2. The van der Waals surface area contributed by atoms with Crippen LogP contribution in [0.25, 0.3) is 0 Å². The molecule has 0 saturated carbocycles. The van der Waals surface area contributed by atoms with E-state index in [1.807, 2.05) is 0 Å². The van der Waals surface area contributed by atoms with Gasteiger partial charge in [-0.15, -0.1) is 0 Å². The summed E-state index contributed by atoms with van der Waals surface area (Å²) < 4.78 is 11.3. The highest BCUT2D eigenvalue weighted by atomic mass is 16.5. The molecule has 1 aliphatic heterocycles. The maximum absolute atomic E-state index is 5.63. The van der Waals surface area contributed by atoms with E-state index in [2.05, 4.69) is 31.9 Å². The van der Waals surface area contributed by atoms with Gasteiger partial charge in [0.15, 0.2) is 0 Å². The lowest BCUT2D eigenvalue weighted by Crippen LogP contribution is -2.29. The first-order valence-corrected chi connectivity index (χ1v) is 11.4. The highest BCUT2D eigenvalue weighted by Gasteiger charge is 1.94. The van der Waals surface area contributed by atoms with Gasteiger partial charge in [-0.05, 0) is 78.0 Å². The van der Waals surface area contributed by atoms with Gasteiger partial charge in [-0.3, -0.25) is 0 Å². The van der Waals surface area contributed by atoms with Crippen LogP contribution in [0.15, 0.2) is 0 Å². The van der Waals surface area contributed by atoms with Crippen LogP contribution in [0.1, 0.15) is 25.7 Å². The van der Waals surface area contributed by atoms with E-state index in [0.29, 0.717) is 0 Å². The number of rotatable bonds is 0. The van der Waals surface area contributed by atoms with Crippen molar-refractivity contribution in [1.29, 1.82) is 0 Å². The zero-order chi connectivity index (χ0) is 19.8. The Morgan fingerprint density at radius 2 is 0.500 bits per heavy atom. The van der Waals surface area contributed by atoms with Gasteiger partial charge >= 0.3 is 0 Å². The van der Waals surface area contributed by atoms with Crippen LogP contribution in [0.3, 0.4) is 0 Å². The molecular weight excluding hydrogens is 356 g/mol. The Bertz CT molecular complexity index is 165. The average Bonchev–Trinajstić information content (AvgIpc) is 2.71. The summed E-state index contributed by atoms with van der Waals surface area (Å²) in [5.74, 6) is 0. The van der Waals surface area contributed by atoms with E-state index < -0.39 is 0 Å². The molecule has 1 saturated heterocycles. The molecule has 0 atom stereocenters. The highest BCUT2D eigenvalue weighted by molar-refractivity contribution is 4.56. The molecule has 0 unspecified atom stereocenters. The van der Waals surface area contributed by atoms with Crippen molar-refractivity contribution in [1.82, 2.24) is 31.9 Å². The number of ether oxygens (including phenoxy) is 2. The summed E-state index contributed by atoms with van der Waals surface area (Å²) in [5, 5.41) is 20.7. The average molecular weight is 403 g/mol. The molecule has 0 aromatic rings. The van der Waals surface area contributed by atoms with E-state index >= 15 is 0 Å². The zero-order valence-electron chi connectivity index (χ0n) is 18.0. The predicted molar refractivity (Wildman–Crippen MR) is 117 cm³/mol. The summed E-state index contributed by atoms with van der Waals surface area (Å²) in [5.41, 5.74) is 0. The first kappa shape index (κ1) is 25.7. The molecule has 0 amide bonds. The molecule has 1 fully saturated rings. The summed E-state index contributed by atoms with van der Waals surface area (Å²) in [6, 6.07) is 0. The lowest BCUT2D eigenvalue weighted by molar-refractivity contribution is 0.137. The second-order valence-electron chi connectivity index (χ2n) is 7.14. The Morgan fingerprint density at radius 3 is 0.750 bits per heavy atom. The van der Waals surface area contributed by atoms with Crippen molar-refractivity contribution in [2.24, 2.45) is 0 Å². The molecule has 0 radical (unpaired) electrons. The number of nitrogens with one attached hydrogen (secondary N) is 6. The SMILES string of the molecule is C1CNCCCNCCOCCNCCCNCCCNCCOCCNC1. The fourth-order valence-corrected chi connectivity index (χ4v) is 2.89. The Hall–Kier alpha value is -0.320. The van der Waals surface area contributed by atoms with Crippen molar-refractivity contribution in [3.8, 4) is 0 Å². The van der Waals surface area contributed by atoms with Crippen LogP contribution < -0.4 is 31.9 Å². The molecule has 8 nitrogen and oxygen atoms in total. The summed E-state index contributed by atoms with van der Waals surface area (Å²) in [4.78, 5) is 0. The minimum atomic E-state index is 0.792. The van der Waals surface area contributed by atoms with Crippen LogP contribution in [0, 0.1) is 0 Å². The second kappa shape index (κ2) is 23.0. The molecule has 1 heterocycles. The first-order valence-electron chi connectivity index (χ1n) is 11.4. The van der Waals surface area contributed by atoms with Gasteiger partial charge in [0.25, 0.3) is 0 Å². The largest absolute Gasteiger partial charge is 0.379 e. The Balaban J connectivity index is 2.00. The van der Waals surface area contributed by atoms with Crippen molar-refractivity contribution in [2.45, 2.75) is 25.7 Å². The van der Waals surface area contributed by atoms with Gasteiger partial charge in [0.05, 0.1) is 26.4 Å². The smallest absolute Gasteiger partial charge is 0.0591 e. The van der Waals surface area contributed by atoms with Gasteiger partial charge in [0.2, 0.25) is 0 Å². The van der Waals surface area contributed by atoms with Crippen molar-refractivity contribution in [2.75, 3.05) is 105 Å². The maximum atomic E-state index is 5.63. The van der Waals surface area contributed by atoms with Crippen molar-refractivity contribution < 1.29 is 9.47 Å². The van der Waals surface area contributed by atoms with Gasteiger partial charge in [-0.2, -0.15) is 0 Å². The summed E-state index contributed by atoms with van der Waals surface area (Å²) in [6.45, 7) is 15.4. The third kappa shape index (κ3) is 20.4. The molecule has 0 aliphatic carbocycles. The zero-order valence-corrected chi connectivity index (χ0v) is 18.0. The van der Waals surface area contributed by atoms with E-state index in [1.54, 1.807) is 0 Å². The molecule has 0 aromatic heterocycles. The summed E-state index contributed by atoms with van der Waals surface area (Å²) in [6.07, 6.45) is 4.63. The lowest BCUT2D eigenvalue weighted by atomic mass is 10.3. The molecule has 6 N–H and O–H groups in total. The second-order valence-corrected chi connectivity index (χ2v) is 7.14. The molecule has 168 valence electrons. The lowest BCUT2D eigenvalue weighted by Gasteiger charge is -2.10. The summed E-state index contributed by atoms with van der Waals surface area (Å²) in [7, 11) is 0. The van der Waals surface area contributed by atoms with Crippen molar-refractivity contribution in [3.63, 3.8) is 0 Å². The fourth-order valence-electron chi connectivity index (χ4n) is 2.89. The van der Waals surface area contributed by atoms with Crippen LogP contribution in [0.5, 0.6) is 0 Å². The van der Waals surface area contributed by atoms with E-state index in [9.17, 15) is 0 Å². The third-order valence-electron chi connectivity index (χ3n) is 4.52. The Labute approximate surface area is 172 Å². The van der Waals surface area contributed by atoms with Crippen LogP contribution in [0.2, 0.25) is 0 Å². The van der Waals surface area contributed by atoms with Gasteiger partial charge in [-0.25, -0.2) is 0 Å². The standard InChI is InChI=1S/C20H46N6O2/c1-5-21-6-2-10-24-15-19-28-20-16-26-12-4-8-22-7-3-11-25-14-18-27-17-13-23-9-1/h21-26H,1-20H2. The first-order chi connectivity index (χ1) is 14.0. The van der Waals surface area contributed by atoms with Gasteiger partial charge < -0.3 is 41.4 Å². The molecule has 1 aliphatic rings. The topological polar surface area (TPSA) is 90.6 Å². The molecule has 0 spiro atoms. The van der Waals surface area contributed by atoms with E-state index in [0.717, 1.165) is 131 Å². The van der Waals surface area contributed by atoms with E-state index in [4.69, 9.17) is 9.47 Å². The Morgan fingerprint density at radius 1 is 0.286 bits per heavy atom. The maximum Gasteiger partial charge on any atom is 0.0591 e. The molecule has 0 bridgehead atoms. The molecule has 28 heavy (non-hydrogen) atoms. The number of hydrogen-bond acceptors (Lipinski definition) is 8. The molecule has 1 rings (SSSR count). The predicted octanol–water partition coefficient (Wildman–Crippen LogP) is -0.869.